The second kappa shape index (κ2) is 14.3. The van der Waals surface area contributed by atoms with E-state index in [0.29, 0.717) is 30.8 Å². The molecule has 184 valence electrons. The van der Waals surface area contributed by atoms with Crippen molar-refractivity contribution in [3.05, 3.63) is 107 Å². The Bertz CT molecular complexity index is 1060. The Labute approximate surface area is 211 Å². The minimum absolute atomic E-state index is 0.137. The highest BCUT2D eigenvalue weighted by atomic mass is 32.2. The van der Waals surface area contributed by atoms with Crippen molar-refractivity contribution < 1.29 is 14.0 Å². The van der Waals surface area contributed by atoms with Gasteiger partial charge in [-0.25, -0.2) is 4.39 Å². The molecule has 0 aromatic heterocycles. The van der Waals surface area contributed by atoms with Gasteiger partial charge in [-0.1, -0.05) is 92.2 Å². The van der Waals surface area contributed by atoms with E-state index in [4.69, 9.17) is 0 Å². The zero-order valence-corrected chi connectivity index (χ0v) is 21.0. The molecule has 0 heterocycles. The number of benzene rings is 3. The van der Waals surface area contributed by atoms with Gasteiger partial charge >= 0.3 is 0 Å². The van der Waals surface area contributed by atoms with Gasteiger partial charge in [0, 0.05) is 25.3 Å². The average Bonchev–Trinajstić information content (AvgIpc) is 2.88. The molecule has 3 aromatic rings. The van der Waals surface area contributed by atoms with E-state index in [-0.39, 0.29) is 23.4 Å². The van der Waals surface area contributed by atoms with Crippen LogP contribution in [-0.2, 0) is 28.3 Å². The first kappa shape index (κ1) is 26.5. The number of halogens is 1. The summed E-state index contributed by atoms with van der Waals surface area (Å²) in [5, 5.41) is 3.03. The summed E-state index contributed by atoms with van der Waals surface area (Å²) >= 11 is 1.36. The van der Waals surface area contributed by atoms with Crippen LogP contribution in [0.15, 0.2) is 84.9 Å². The zero-order valence-electron chi connectivity index (χ0n) is 20.2. The van der Waals surface area contributed by atoms with Gasteiger partial charge in [-0.2, -0.15) is 0 Å². The molecule has 6 heteroatoms. The maximum absolute atomic E-state index is 14.0. The van der Waals surface area contributed by atoms with E-state index in [9.17, 15) is 14.0 Å². The first-order chi connectivity index (χ1) is 17.1. The molecule has 0 aliphatic carbocycles. The Morgan fingerprint density at radius 2 is 1.54 bits per heavy atom. The number of nitrogens with zero attached hydrogens (tertiary/aromatic N) is 1. The maximum Gasteiger partial charge on any atom is 0.243 e. The van der Waals surface area contributed by atoms with Crippen molar-refractivity contribution in [3.63, 3.8) is 0 Å². The van der Waals surface area contributed by atoms with Crippen LogP contribution >= 0.6 is 11.8 Å². The second-order valence-corrected chi connectivity index (χ2v) is 9.43. The van der Waals surface area contributed by atoms with Crippen molar-refractivity contribution in [1.29, 1.82) is 0 Å². The van der Waals surface area contributed by atoms with E-state index in [0.717, 1.165) is 24.0 Å². The van der Waals surface area contributed by atoms with Crippen molar-refractivity contribution in [2.45, 2.75) is 44.5 Å². The van der Waals surface area contributed by atoms with Gasteiger partial charge in [0.2, 0.25) is 11.8 Å². The van der Waals surface area contributed by atoms with Crippen molar-refractivity contribution in [2.75, 3.05) is 12.3 Å². The molecular weight excluding hydrogens is 459 g/mol. The fraction of sp³-hybridized carbons (Fsp3) is 0.310. The number of carbonyl (C=O) groups excluding carboxylic acids is 2. The van der Waals surface area contributed by atoms with Crippen molar-refractivity contribution >= 4 is 23.6 Å². The summed E-state index contributed by atoms with van der Waals surface area (Å²) in [6.45, 7) is 2.99. The van der Waals surface area contributed by atoms with Crippen LogP contribution < -0.4 is 5.32 Å². The highest BCUT2D eigenvalue weighted by Crippen LogP contribution is 2.19. The Morgan fingerprint density at radius 3 is 2.20 bits per heavy atom. The lowest BCUT2D eigenvalue weighted by molar-refractivity contribution is -0.139. The lowest BCUT2D eigenvalue weighted by Gasteiger charge is -2.31. The predicted octanol–water partition coefficient (Wildman–Crippen LogP) is 5.62. The van der Waals surface area contributed by atoms with Crippen LogP contribution in [0.25, 0.3) is 0 Å². The van der Waals surface area contributed by atoms with Gasteiger partial charge in [0.05, 0.1) is 5.75 Å². The van der Waals surface area contributed by atoms with Crippen LogP contribution in [0.1, 0.15) is 36.5 Å². The fourth-order valence-electron chi connectivity index (χ4n) is 3.79. The van der Waals surface area contributed by atoms with E-state index in [1.807, 2.05) is 60.7 Å². The van der Waals surface area contributed by atoms with Gasteiger partial charge < -0.3 is 10.2 Å². The molecule has 1 N–H and O–H groups in total. The normalized spacial score (nSPS) is 11.6. The summed E-state index contributed by atoms with van der Waals surface area (Å²) in [5.41, 5.74) is 2.52. The molecule has 0 unspecified atom stereocenters. The molecule has 2 amide bonds. The molecule has 0 fully saturated rings. The van der Waals surface area contributed by atoms with Crippen molar-refractivity contribution in [2.24, 2.45) is 0 Å². The molecule has 3 rings (SSSR count). The molecule has 4 nitrogen and oxygen atoms in total. The molecule has 0 saturated carbocycles. The molecule has 0 spiro atoms. The van der Waals surface area contributed by atoms with Gasteiger partial charge in [-0.05, 0) is 29.2 Å². The largest absolute Gasteiger partial charge is 0.354 e. The molecule has 0 saturated heterocycles. The third kappa shape index (κ3) is 8.55. The van der Waals surface area contributed by atoms with Crippen LogP contribution in [0.5, 0.6) is 0 Å². The summed E-state index contributed by atoms with van der Waals surface area (Å²) in [6, 6.07) is 25.4. The molecule has 0 aliphatic heterocycles. The van der Waals surface area contributed by atoms with E-state index in [1.54, 1.807) is 23.1 Å². The first-order valence-electron chi connectivity index (χ1n) is 12.0. The van der Waals surface area contributed by atoms with Gasteiger partial charge in [0.1, 0.15) is 11.9 Å². The number of carbonyl (C=O) groups is 2. The highest BCUT2D eigenvalue weighted by molar-refractivity contribution is 7.99. The number of rotatable bonds is 13. The smallest absolute Gasteiger partial charge is 0.243 e. The van der Waals surface area contributed by atoms with Gasteiger partial charge in [-0.15, -0.1) is 11.8 Å². The van der Waals surface area contributed by atoms with Crippen molar-refractivity contribution in [3.8, 4) is 0 Å². The van der Waals surface area contributed by atoms with Crippen LogP contribution in [0.2, 0.25) is 0 Å². The number of nitrogens with one attached hydrogen (secondary N) is 1. The van der Waals surface area contributed by atoms with Gasteiger partial charge in [0.15, 0.2) is 0 Å². The first-order valence-corrected chi connectivity index (χ1v) is 13.2. The summed E-state index contributed by atoms with van der Waals surface area (Å²) in [5.74, 6) is -0.00322. The molecular formula is C29H33FN2O2S. The Balaban J connectivity index is 1.81. The molecule has 0 bridgehead atoms. The monoisotopic (exact) mass is 492 g/mol. The third-order valence-electron chi connectivity index (χ3n) is 5.74. The lowest BCUT2D eigenvalue weighted by atomic mass is 10.0. The van der Waals surface area contributed by atoms with Gasteiger partial charge in [0.25, 0.3) is 0 Å². The van der Waals surface area contributed by atoms with Crippen LogP contribution in [-0.4, -0.2) is 35.1 Å². The topological polar surface area (TPSA) is 49.4 Å². The minimum Gasteiger partial charge on any atom is -0.354 e. The second-order valence-electron chi connectivity index (χ2n) is 8.44. The fourth-order valence-corrected chi connectivity index (χ4v) is 4.68. The number of thioether (sulfide) groups is 1. The van der Waals surface area contributed by atoms with E-state index in [2.05, 4.69) is 12.2 Å². The van der Waals surface area contributed by atoms with E-state index >= 15 is 0 Å². The number of unbranched alkanes of at least 4 members (excludes halogenated alkanes) is 1. The highest BCUT2D eigenvalue weighted by Gasteiger charge is 2.30. The summed E-state index contributed by atoms with van der Waals surface area (Å²) < 4.78 is 14.0. The summed E-state index contributed by atoms with van der Waals surface area (Å²) in [7, 11) is 0. The van der Waals surface area contributed by atoms with Gasteiger partial charge in [-0.3, -0.25) is 9.59 Å². The Kier molecular flexibility index (Phi) is 10.8. The maximum atomic E-state index is 14.0. The zero-order chi connectivity index (χ0) is 24.9. The predicted molar refractivity (Wildman–Crippen MR) is 141 cm³/mol. The number of hydrogen-bond donors (Lipinski definition) is 1. The summed E-state index contributed by atoms with van der Waals surface area (Å²) in [4.78, 5) is 28.5. The van der Waals surface area contributed by atoms with Crippen LogP contribution in [0.3, 0.4) is 0 Å². The lowest BCUT2D eigenvalue weighted by Crippen LogP contribution is -2.51. The standard InChI is InChI=1S/C29H33FN2O2S/c1-2-3-18-31-29(34)27(19-23-12-6-4-7-13-23)32(20-24-14-8-5-9-15-24)28(33)22-35-21-25-16-10-11-17-26(25)30/h4-17,27H,2-3,18-22H2,1H3,(H,31,34)/t27-/m1/s1. The minimum atomic E-state index is -0.643. The molecule has 3 aromatic carbocycles. The van der Waals surface area contributed by atoms with E-state index < -0.39 is 6.04 Å². The third-order valence-corrected chi connectivity index (χ3v) is 6.70. The Morgan fingerprint density at radius 1 is 0.914 bits per heavy atom. The van der Waals surface area contributed by atoms with Crippen LogP contribution in [0, 0.1) is 5.82 Å². The van der Waals surface area contributed by atoms with Crippen molar-refractivity contribution in [1.82, 2.24) is 10.2 Å². The quantitative estimate of drug-likeness (QED) is 0.315. The van der Waals surface area contributed by atoms with E-state index in [1.165, 1.54) is 17.8 Å². The molecule has 35 heavy (non-hydrogen) atoms. The van der Waals surface area contributed by atoms with Crippen LogP contribution in [0.4, 0.5) is 4.39 Å². The molecule has 0 aliphatic rings. The Hall–Kier alpha value is -3.12. The SMILES string of the molecule is CCCCNC(=O)[C@@H](Cc1ccccc1)N(Cc1ccccc1)C(=O)CSCc1ccccc1F. The summed E-state index contributed by atoms with van der Waals surface area (Å²) in [6.07, 6.45) is 2.28. The average molecular weight is 493 g/mol. The molecule has 0 radical (unpaired) electrons. The number of amides is 2. The molecule has 1 atom stereocenters. The number of hydrogen-bond acceptors (Lipinski definition) is 3.